The smallest absolute Gasteiger partial charge is 0.251 e. The Morgan fingerprint density at radius 1 is 1.09 bits per heavy atom. The van der Waals surface area contributed by atoms with Crippen LogP contribution in [0.5, 0.6) is 0 Å². The van der Waals surface area contributed by atoms with Crippen molar-refractivity contribution in [3.63, 3.8) is 0 Å². The molecule has 2 aromatic rings. The summed E-state index contributed by atoms with van der Waals surface area (Å²) < 4.78 is 0. The zero-order valence-corrected chi connectivity index (χ0v) is 12.7. The summed E-state index contributed by atoms with van der Waals surface area (Å²) in [4.78, 5) is 23.4. The van der Waals surface area contributed by atoms with Crippen LogP contribution in [0.2, 0.25) is 5.02 Å². The molecular weight excluding hydrogens is 300 g/mol. The van der Waals surface area contributed by atoms with Crippen molar-refractivity contribution in [2.75, 3.05) is 12.4 Å². The molecule has 0 saturated heterocycles. The number of benzene rings is 2. The molecule has 0 bridgehead atoms. The predicted octanol–water partition coefficient (Wildman–Crippen LogP) is 3.35. The highest BCUT2D eigenvalue weighted by Gasteiger charge is 2.04. The monoisotopic (exact) mass is 314 g/mol. The molecule has 0 aromatic heterocycles. The number of rotatable bonds is 4. The molecule has 0 aliphatic rings. The summed E-state index contributed by atoms with van der Waals surface area (Å²) in [5.74, 6) is -0.475. The molecule has 0 saturated carbocycles. The van der Waals surface area contributed by atoms with E-state index in [1.165, 1.54) is 6.08 Å². The van der Waals surface area contributed by atoms with Crippen molar-refractivity contribution in [3.05, 3.63) is 70.8 Å². The van der Waals surface area contributed by atoms with Crippen molar-refractivity contribution in [2.45, 2.75) is 0 Å². The van der Waals surface area contributed by atoms with Crippen LogP contribution in [0.3, 0.4) is 0 Å². The second-order valence-corrected chi connectivity index (χ2v) is 4.97. The first-order chi connectivity index (χ1) is 10.6. The lowest BCUT2D eigenvalue weighted by Crippen LogP contribution is -2.18. The molecule has 112 valence electrons. The van der Waals surface area contributed by atoms with Crippen LogP contribution in [0.4, 0.5) is 5.69 Å². The van der Waals surface area contributed by atoms with Crippen molar-refractivity contribution in [1.82, 2.24) is 5.32 Å². The van der Waals surface area contributed by atoms with Gasteiger partial charge in [-0.1, -0.05) is 29.8 Å². The molecule has 5 heteroatoms. The Hall–Kier alpha value is -2.59. The van der Waals surface area contributed by atoms with E-state index in [4.69, 9.17) is 11.6 Å². The third kappa shape index (κ3) is 4.46. The first-order valence-corrected chi connectivity index (χ1v) is 7.03. The van der Waals surface area contributed by atoms with Crippen LogP contribution < -0.4 is 10.6 Å². The van der Waals surface area contributed by atoms with Gasteiger partial charge in [0.1, 0.15) is 0 Å². The summed E-state index contributed by atoms with van der Waals surface area (Å²) in [6.45, 7) is 0. The molecule has 2 amide bonds. The van der Waals surface area contributed by atoms with E-state index < -0.39 is 0 Å². The molecule has 0 atom stereocenters. The molecule has 2 aromatic carbocycles. The van der Waals surface area contributed by atoms with Gasteiger partial charge in [0.15, 0.2) is 0 Å². The van der Waals surface area contributed by atoms with Crippen molar-refractivity contribution in [3.8, 4) is 0 Å². The number of carbonyl (C=O) groups excluding carboxylic acids is 2. The number of carbonyl (C=O) groups is 2. The molecule has 0 aliphatic heterocycles. The Kier molecular flexibility index (Phi) is 5.33. The summed E-state index contributed by atoms with van der Waals surface area (Å²) in [6, 6.07) is 13.9. The van der Waals surface area contributed by atoms with E-state index in [2.05, 4.69) is 10.6 Å². The van der Waals surface area contributed by atoms with Gasteiger partial charge < -0.3 is 10.6 Å². The van der Waals surface area contributed by atoms with Crippen LogP contribution in [0, 0.1) is 0 Å². The highest BCUT2D eigenvalue weighted by atomic mass is 35.5. The lowest BCUT2D eigenvalue weighted by Gasteiger charge is -2.05. The van der Waals surface area contributed by atoms with Crippen molar-refractivity contribution in [2.24, 2.45) is 0 Å². The molecule has 0 heterocycles. The summed E-state index contributed by atoms with van der Waals surface area (Å²) >= 11 is 5.80. The van der Waals surface area contributed by atoms with Gasteiger partial charge >= 0.3 is 0 Å². The van der Waals surface area contributed by atoms with E-state index in [-0.39, 0.29) is 11.8 Å². The van der Waals surface area contributed by atoms with Gasteiger partial charge in [-0.15, -0.1) is 0 Å². The van der Waals surface area contributed by atoms with Gasteiger partial charge in [-0.2, -0.15) is 0 Å². The molecule has 2 rings (SSSR count). The Balaban J connectivity index is 2.02. The van der Waals surface area contributed by atoms with Crippen LogP contribution in [-0.4, -0.2) is 18.9 Å². The fraction of sp³-hybridized carbons (Fsp3) is 0.0588. The lowest BCUT2D eigenvalue weighted by atomic mass is 10.2. The number of hydrogen-bond acceptors (Lipinski definition) is 2. The van der Waals surface area contributed by atoms with Crippen molar-refractivity contribution in [1.29, 1.82) is 0 Å². The standard InChI is InChI=1S/C17H15ClN2O2/c1-19-17(22)13-3-2-4-15(11-13)20-16(21)10-7-12-5-8-14(18)9-6-12/h2-11H,1H3,(H,19,22)(H,20,21). The van der Waals surface area contributed by atoms with E-state index in [1.54, 1.807) is 49.5 Å². The molecule has 22 heavy (non-hydrogen) atoms. The van der Waals surface area contributed by atoms with E-state index in [1.807, 2.05) is 12.1 Å². The summed E-state index contributed by atoms with van der Waals surface area (Å²) in [5, 5.41) is 5.89. The summed E-state index contributed by atoms with van der Waals surface area (Å²) in [7, 11) is 1.56. The summed E-state index contributed by atoms with van der Waals surface area (Å²) in [6.07, 6.45) is 3.12. The van der Waals surface area contributed by atoms with Crippen molar-refractivity contribution < 1.29 is 9.59 Å². The fourth-order valence-corrected chi connectivity index (χ4v) is 1.94. The van der Waals surface area contributed by atoms with Crippen molar-refractivity contribution >= 4 is 35.2 Å². The third-order valence-corrected chi connectivity index (χ3v) is 3.17. The van der Waals surface area contributed by atoms with Gasteiger partial charge in [0.2, 0.25) is 5.91 Å². The third-order valence-electron chi connectivity index (χ3n) is 2.92. The van der Waals surface area contributed by atoms with E-state index >= 15 is 0 Å². The molecule has 4 nitrogen and oxygen atoms in total. The number of amides is 2. The Bertz CT molecular complexity index is 709. The van der Waals surface area contributed by atoms with E-state index in [0.717, 1.165) is 5.56 Å². The minimum Gasteiger partial charge on any atom is -0.355 e. The maximum absolute atomic E-state index is 11.9. The number of nitrogens with one attached hydrogen (secondary N) is 2. The maximum Gasteiger partial charge on any atom is 0.251 e. The lowest BCUT2D eigenvalue weighted by molar-refractivity contribution is -0.111. The quantitative estimate of drug-likeness (QED) is 0.850. The first-order valence-electron chi connectivity index (χ1n) is 6.65. The van der Waals surface area contributed by atoms with E-state index in [0.29, 0.717) is 16.3 Å². The minimum atomic E-state index is -0.274. The Morgan fingerprint density at radius 3 is 2.50 bits per heavy atom. The average molecular weight is 315 g/mol. The largest absolute Gasteiger partial charge is 0.355 e. The van der Waals surface area contributed by atoms with Crippen LogP contribution >= 0.6 is 11.6 Å². The topological polar surface area (TPSA) is 58.2 Å². The number of halogens is 1. The maximum atomic E-state index is 11.9. The van der Waals surface area contributed by atoms with Gasteiger partial charge in [-0.05, 0) is 42.0 Å². The Morgan fingerprint density at radius 2 is 1.82 bits per heavy atom. The normalized spacial score (nSPS) is 10.5. The highest BCUT2D eigenvalue weighted by Crippen LogP contribution is 2.12. The minimum absolute atomic E-state index is 0.201. The van der Waals surface area contributed by atoms with Crippen LogP contribution in [0.1, 0.15) is 15.9 Å². The Labute approximate surface area is 133 Å². The molecule has 0 spiro atoms. The van der Waals surface area contributed by atoms with Crippen LogP contribution in [0.25, 0.3) is 6.08 Å². The van der Waals surface area contributed by atoms with E-state index in [9.17, 15) is 9.59 Å². The molecule has 0 aliphatic carbocycles. The molecule has 0 fully saturated rings. The molecule has 0 unspecified atom stereocenters. The SMILES string of the molecule is CNC(=O)c1cccc(NC(=O)C=Cc2ccc(Cl)cc2)c1. The predicted molar refractivity (Wildman–Crippen MR) is 88.9 cm³/mol. The van der Waals surface area contributed by atoms with Crippen LogP contribution in [-0.2, 0) is 4.79 Å². The molecule has 0 radical (unpaired) electrons. The number of hydrogen-bond donors (Lipinski definition) is 2. The van der Waals surface area contributed by atoms with Gasteiger partial charge in [-0.25, -0.2) is 0 Å². The van der Waals surface area contributed by atoms with Gasteiger partial charge in [-0.3, -0.25) is 9.59 Å². The number of anilines is 1. The van der Waals surface area contributed by atoms with Gasteiger partial charge in [0.05, 0.1) is 0 Å². The highest BCUT2D eigenvalue weighted by molar-refractivity contribution is 6.30. The molecular formula is C17H15ClN2O2. The van der Waals surface area contributed by atoms with Gasteiger partial charge in [0, 0.05) is 29.4 Å². The second-order valence-electron chi connectivity index (χ2n) is 4.53. The fourth-order valence-electron chi connectivity index (χ4n) is 1.81. The van der Waals surface area contributed by atoms with Crippen LogP contribution in [0.15, 0.2) is 54.6 Å². The first kappa shape index (κ1) is 15.8. The van der Waals surface area contributed by atoms with Gasteiger partial charge in [0.25, 0.3) is 5.91 Å². The summed E-state index contributed by atoms with van der Waals surface area (Å²) in [5.41, 5.74) is 1.92. The molecule has 2 N–H and O–H groups in total. The zero-order valence-electron chi connectivity index (χ0n) is 12.0. The second kappa shape index (κ2) is 7.43. The zero-order chi connectivity index (χ0) is 15.9. The average Bonchev–Trinajstić information content (AvgIpc) is 2.54.